The normalized spacial score (nSPS) is 14.5. The smallest absolute Gasteiger partial charge is 0.256 e. The number of nitrogens with zero attached hydrogens (tertiary/aromatic N) is 1. The van der Waals surface area contributed by atoms with E-state index in [1.165, 1.54) is 0 Å². The van der Waals surface area contributed by atoms with Crippen LogP contribution in [0.25, 0.3) is 11.6 Å². The quantitative estimate of drug-likeness (QED) is 0.784. The van der Waals surface area contributed by atoms with Crippen molar-refractivity contribution in [3.05, 3.63) is 52.5 Å². The van der Waals surface area contributed by atoms with Crippen LogP contribution in [0.4, 0.5) is 5.69 Å². The summed E-state index contributed by atoms with van der Waals surface area (Å²) >= 11 is 6.08. The fourth-order valence-corrected chi connectivity index (χ4v) is 2.88. The van der Waals surface area contributed by atoms with Crippen molar-refractivity contribution < 1.29 is 14.3 Å². The van der Waals surface area contributed by atoms with E-state index < -0.39 is 0 Å². The van der Waals surface area contributed by atoms with Gasteiger partial charge in [-0.15, -0.1) is 0 Å². The number of hydrogen-bond donors (Lipinski definition) is 1. The SMILES string of the molecule is COc1cc(OCCN(C)C)ccc1/C=C1\C(=O)Nc2ccc(Cl)cc21. The van der Waals surface area contributed by atoms with Gasteiger partial charge in [0, 0.05) is 40.0 Å². The van der Waals surface area contributed by atoms with Crippen molar-refractivity contribution in [2.24, 2.45) is 0 Å². The van der Waals surface area contributed by atoms with E-state index in [1.54, 1.807) is 31.4 Å². The molecule has 6 heteroatoms. The molecule has 0 unspecified atom stereocenters. The molecule has 0 saturated carbocycles. The van der Waals surface area contributed by atoms with Crippen LogP contribution in [0.3, 0.4) is 0 Å². The van der Waals surface area contributed by atoms with Gasteiger partial charge >= 0.3 is 0 Å². The summed E-state index contributed by atoms with van der Waals surface area (Å²) in [6, 6.07) is 10.9. The number of methoxy groups -OCH3 is 1. The standard InChI is InChI=1S/C20H21ClN2O3/c1-23(2)8-9-26-15-6-4-13(19(12-15)25-3)10-17-16-11-14(21)5-7-18(16)22-20(17)24/h4-7,10-12H,8-9H2,1-3H3,(H,22,24)/b17-10-. The fourth-order valence-electron chi connectivity index (χ4n) is 2.71. The highest BCUT2D eigenvalue weighted by atomic mass is 35.5. The second-order valence-corrected chi connectivity index (χ2v) is 6.69. The van der Waals surface area contributed by atoms with Gasteiger partial charge in [0.25, 0.3) is 5.91 Å². The first-order valence-electron chi connectivity index (χ1n) is 8.26. The summed E-state index contributed by atoms with van der Waals surface area (Å²) in [4.78, 5) is 14.4. The second-order valence-electron chi connectivity index (χ2n) is 6.26. The zero-order valence-corrected chi connectivity index (χ0v) is 15.8. The average Bonchev–Trinajstić information content (AvgIpc) is 2.91. The Labute approximate surface area is 158 Å². The average molecular weight is 373 g/mol. The number of carbonyl (C=O) groups excluding carboxylic acids is 1. The van der Waals surface area contributed by atoms with Crippen molar-refractivity contribution in [1.29, 1.82) is 0 Å². The van der Waals surface area contributed by atoms with Gasteiger partial charge in [0.05, 0.1) is 7.11 Å². The molecule has 136 valence electrons. The Balaban J connectivity index is 1.89. The molecule has 26 heavy (non-hydrogen) atoms. The number of nitrogens with one attached hydrogen (secondary N) is 1. The van der Waals surface area contributed by atoms with Gasteiger partial charge < -0.3 is 19.7 Å². The summed E-state index contributed by atoms with van der Waals surface area (Å²) in [6.07, 6.45) is 1.81. The monoisotopic (exact) mass is 372 g/mol. The van der Waals surface area contributed by atoms with Crippen LogP contribution in [0.2, 0.25) is 5.02 Å². The van der Waals surface area contributed by atoms with Crippen molar-refractivity contribution >= 4 is 34.8 Å². The Hall–Kier alpha value is -2.50. The van der Waals surface area contributed by atoms with Crippen molar-refractivity contribution in [2.75, 3.05) is 39.7 Å². The molecule has 0 saturated heterocycles. The number of likely N-dealkylation sites (N-methyl/N-ethyl adjacent to an activating group) is 1. The third-order valence-corrected chi connectivity index (χ3v) is 4.31. The number of rotatable bonds is 6. The molecule has 0 radical (unpaired) electrons. The van der Waals surface area contributed by atoms with E-state index >= 15 is 0 Å². The van der Waals surface area contributed by atoms with Crippen LogP contribution < -0.4 is 14.8 Å². The maximum Gasteiger partial charge on any atom is 0.256 e. The summed E-state index contributed by atoms with van der Waals surface area (Å²) in [6.45, 7) is 1.41. The molecule has 3 rings (SSSR count). The van der Waals surface area contributed by atoms with Crippen molar-refractivity contribution in [2.45, 2.75) is 0 Å². The number of hydrogen-bond acceptors (Lipinski definition) is 4. The molecule has 2 aromatic rings. The topological polar surface area (TPSA) is 50.8 Å². The van der Waals surface area contributed by atoms with E-state index in [4.69, 9.17) is 21.1 Å². The van der Waals surface area contributed by atoms with Crippen LogP contribution in [-0.2, 0) is 4.79 Å². The molecule has 0 aliphatic carbocycles. The lowest BCUT2D eigenvalue weighted by Crippen LogP contribution is -2.19. The van der Waals surface area contributed by atoms with Gasteiger partial charge in [0.15, 0.2) is 0 Å². The molecule has 0 atom stereocenters. The van der Waals surface area contributed by atoms with E-state index in [0.717, 1.165) is 29.1 Å². The summed E-state index contributed by atoms with van der Waals surface area (Å²) in [5, 5.41) is 3.43. The Morgan fingerprint density at radius 1 is 1.19 bits per heavy atom. The lowest BCUT2D eigenvalue weighted by atomic mass is 10.0. The maximum absolute atomic E-state index is 12.3. The van der Waals surface area contributed by atoms with Crippen LogP contribution in [0.1, 0.15) is 11.1 Å². The molecule has 0 aromatic heterocycles. The number of ether oxygens (including phenoxy) is 2. The molecule has 1 aliphatic heterocycles. The molecule has 2 aromatic carbocycles. The lowest BCUT2D eigenvalue weighted by molar-refractivity contribution is -0.110. The van der Waals surface area contributed by atoms with Gasteiger partial charge in [-0.3, -0.25) is 4.79 Å². The highest BCUT2D eigenvalue weighted by Crippen LogP contribution is 2.36. The minimum Gasteiger partial charge on any atom is -0.496 e. The summed E-state index contributed by atoms with van der Waals surface area (Å²) in [5.74, 6) is 1.21. The zero-order valence-electron chi connectivity index (χ0n) is 15.0. The predicted octanol–water partition coefficient (Wildman–Crippen LogP) is 3.78. The molecular weight excluding hydrogens is 352 g/mol. The first-order valence-corrected chi connectivity index (χ1v) is 8.64. The highest BCUT2D eigenvalue weighted by Gasteiger charge is 2.24. The Bertz CT molecular complexity index is 862. The first-order chi connectivity index (χ1) is 12.5. The summed E-state index contributed by atoms with van der Waals surface area (Å²) in [7, 11) is 5.59. The van der Waals surface area contributed by atoms with E-state index in [0.29, 0.717) is 23.0 Å². The van der Waals surface area contributed by atoms with Gasteiger partial charge in [-0.1, -0.05) is 11.6 Å². The number of fused-ring (bicyclic) bond motifs is 1. The zero-order chi connectivity index (χ0) is 18.7. The van der Waals surface area contributed by atoms with Gasteiger partial charge in [0.2, 0.25) is 0 Å². The van der Waals surface area contributed by atoms with Gasteiger partial charge in [-0.2, -0.15) is 0 Å². The second kappa shape index (κ2) is 7.81. The van der Waals surface area contributed by atoms with Crippen LogP contribution in [0.15, 0.2) is 36.4 Å². The minimum atomic E-state index is -0.157. The molecule has 0 fully saturated rings. The van der Waals surface area contributed by atoms with Gasteiger partial charge in [-0.25, -0.2) is 0 Å². The first kappa shape index (κ1) is 18.3. The van der Waals surface area contributed by atoms with Crippen molar-refractivity contribution in [3.63, 3.8) is 0 Å². The minimum absolute atomic E-state index is 0.157. The Morgan fingerprint density at radius 2 is 2.00 bits per heavy atom. The van der Waals surface area contributed by atoms with Crippen LogP contribution >= 0.6 is 11.6 Å². The Kier molecular flexibility index (Phi) is 5.49. The third kappa shape index (κ3) is 4.00. The van der Waals surface area contributed by atoms with E-state index in [9.17, 15) is 4.79 Å². The van der Waals surface area contributed by atoms with Crippen molar-refractivity contribution in [3.8, 4) is 11.5 Å². The molecule has 1 heterocycles. The van der Waals surface area contributed by atoms with Crippen LogP contribution in [-0.4, -0.2) is 45.2 Å². The fraction of sp³-hybridized carbons (Fsp3) is 0.250. The third-order valence-electron chi connectivity index (χ3n) is 4.08. The van der Waals surface area contributed by atoms with E-state index in [1.807, 2.05) is 32.3 Å². The maximum atomic E-state index is 12.3. The van der Waals surface area contributed by atoms with Crippen LogP contribution in [0.5, 0.6) is 11.5 Å². The lowest BCUT2D eigenvalue weighted by Gasteiger charge is -2.13. The predicted molar refractivity (Wildman–Crippen MR) is 105 cm³/mol. The van der Waals surface area contributed by atoms with Gasteiger partial charge in [0.1, 0.15) is 18.1 Å². The number of anilines is 1. The number of carbonyl (C=O) groups is 1. The Morgan fingerprint density at radius 3 is 2.73 bits per heavy atom. The number of halogens is 1. The molecule has 0 spiro atoms. The van der Waals surface area contributed by atoms with Crippen LogP contribution in [0, 0.1) is 0 Å². The number of amides is 1. The van der Waals surface area contributed by atoms with Crippen molar-refractivity contribution in [1.82, 2.24) is 4.90 Å². The molecular formula is C20H21ClN2O3. The summed E-state index contributed by atoms with van der Waals surface area (Å²) in [5.41, 5.74) is 2.90. The van der Waals surface area contributed by atoms with E-state index in [-0.39, 0.29) is 5.91 Å². The largest absolute Gasteiger partial charge is 0.496 e. The molecule has 1 N–H and O–H groups in total. The molecule has 1 amide bonds. The number of benzene rings is 2. The summed E-state index contributed by atoms with van der Waals surface area (Å²) < 4.78 is 11.2. The van der Waals surface area contributed by atoms with E-state index in [2.05, 4.69) is 10.2 Å². The molecule has 5 nitrogen and oxygen atoms in total. The van der Waals surface area contributed by atoms with Gasteiger partial charge in [-0.05, 0) is 50.5 Å². The molecule has 0 bridgehead atoms. The highest BCUT2D eigenvalue weighted by molar-refractivity contribution is 6.36. The molecule has 1 aliphatic rings.